The maximum absolute atomic E-state index is 12.4. The van der Waals surface area contributed by atoms with Crippen molar-refractivity contribution in [2.75, 3.05) is 13.1 Å². The Morgan fingerprint density at radius 3 is 2.71 bits per heavy atom. The number of amides is 1. The van der Waals surface area contributed by atoms with Gasteiger partial charge in [0.05, 0.1) is 12.1 Å². The van der Waals surface area contributed by atoms with E-state index in [-0.39, 0.29) is 11.8 Å². The molecule has 1 amide bonds. The van der Waals surface area contributed by atoms with Gasteiger partial charge in [-0.2, -0.15) is 5.10 Å². The number of hydrogen-bond donors (Lipinski definition) is 2. The second kappa shape index (κ2) is 7.29. The summed E-state index contributed by atoms with van der Waals surface area (Å²) in [6.45, 7) is 0.769. The van der Waals surface area contributed by atoms with Crippen molar-refractivity contribution in [2.45, 2.75) is 25.2 Å². The van der Waals surface area contributed by atoms with E-state index in [2.05, 4.69) is 10.2 Å². The van der Waals surface area contributed by atoms with Crippen molar-refractivity contribution in [2.24, 2.45) is 5.92 Å². The van der Waals surface area contributed by atoms with Crippen molar-refractivity contribution in [3.8, 4) is 0 Å². The first-order valence-electron chi connectivity index (χ1n) is 8.18. The van der Waals surface area contributed by atoms with Gasteiger partial charge in [0.1, 0.15) is 0 Å². The molecular formula is C18H21N3O3. The van der Waals surface area contributed by atoms with Gasteiger partial charge in [0.15, 0.2) is 0 Å². The van der Waals surface area contributed by atoms with Crippen molar-refractivity contribution in [1.29, 1.82) is 0 Å². The molecule has 1 aromatic carbocycles. The van der Waals surface area contributed by atoms with E-state index in [1.54, 1.807) is 11.1 Å². The van der Waals surface area contributed by atoms with E-state index in [0.29, 0.717) is 19.5 Å². The van der Waals surface area contributed by atoms with Crippen molar-refractivity contribution < 1.29 is 14.7 Å². The molecule has 1 fully saturated rings. The molecule has 1 aliphatic heterocycles. The number of aromatic amines is 1. The number of carbonyl (C=O) groups excluding carboxylic acids is 1. The number of rotatable bonds is 6. The molecule has 0 aliphatic carbocycles. The molecule has 2 heterocycles. The van der Waals surface area contributed by atoms with E-state index in [1.165, 1.54) is 0 Å². The number of aliphatic carboxylic acids is 1. The Bertz CT molecular complexity index is 685. The molecule has 6 nitrogen and oxygen atoms in total. The lowest BCUT2D eigenvalue weighted by Crippen LogP contribution is -2.29. The molecule has 0 spiro atoms. The monoisotopic (exact) mass is 327 g/mol. The molecule has 6 heteroatoms. The number of likely N-dealkylation sites (tertiary alicyclic amines) is 1. The molecule has 1 aromatic heterocycles. The van der Waals surface area contributed by atoms with E-state index in [4.69, 9.17) is 0 Å². The lowest BCUT2D eigenvalue weighted by atomic mass is 9.89. The summed E-state index contributed by atoms with van der Waals surface area (Å²) in [5.74, 6) is -1.48. The van der Waals surface area contributed by atoms with Crippen LogP contribution in [0.2, 0.25) is 0 Å². The first kappa shape index (κ1) is 16.2. The highest BCUT2D eigenvalue weighted by atomic mass is 16.4. The number of carboxylic acid groups (broad SMARTS) is 1. The summed E-state index contributed by atoms with van der Waals surface area (Å²) in [6.07, 6.45) is 5.54. The van der Waals surface area contributed by atoms with Gasteiger partial charge in [0.25, 0.3) is 0 Å². The van der Waals surface area contributed by atoms with Gasteiger partial charge >= 0.3 is 5.97 Å². The fourth-order valence-corrected chi connectivity index (χ4v) is 3.31. The lowest BCUT2D eigenvalue weighted by Gasteiger charge is -2.16. The smallest absolute Gasteiger partial charge is 0.308 e. The molecule has 2 aromatic rings. The fourth-order valence-electron chi connectivity index (χ4n) is 3.31. The third kappa shape index (κ3) is 3.64. The molecule has 126 valence electrons. The van der Waals surface area contributed by atoms with Crippen molar-refractivity contribution in [3.05, 3.63) is 53.9 Å². The first-order valence-corrected chi connectivity index (χ1v) is 8.18. The average Bonchev–Trinajstić information content (AvgIpc) is 3.25. The molecule has 2 atom stereocenters. The lowest BCUT2D eigenvalue weighted by molar-refractivity contribution is -0.141. The molecule has 1 saturated heterocycles. The van der Waals surface area contributed by atoms with Crippen LogP contribution < -0.4 is 0 Å². The highest BCUT2D eigenvalue weighted by Gasteiger charge is 2.40. The van der Waals surface area contributed by atoms with Gasteiger partial charge in [-0.05, 0) is 24.0 Å². The zero-order valence-corrected chi connectivity index (χ0v) is 13.4. The van der Waals surface area contributed by atoms with Crippen molar-refractivity contribution >= 4 is 11.9 Å². The summed E-state index contributed by atoms with van der Waals surface area (Å²) < 4.78 is 0. The quantitative estimate of drug-likeness (QED) is 0.850. The summed E-state index contributed by atoms with van der Waals surface area (Å²) in [7, 11) is 0. The largest absolute Gasteiger partial charge is 0.481 e. The van der Waals surface area contributed by atoms with Crippen LogP contribution >= 0.6 is 0 Å². The third-order valence-electron chi connectivity index (χ3n) is 4.63. The van der Waals surface area contributed by atoms with E-state index >= 15 is 0 Å². The van der Waals surface area contributed by atoms with Gasteiger partial charge in [-0.15, -0.1) is 0 Å². The number of aryl methyl sites for hydroxylation is 1. The summed E-state index contributed by atoms with van der Waals surface area (Å²) in [6, 6.07) is 9.60. The van der Waals surface area contributed by atoms with Crippen LogP contribution in [0.15, 0.2) is 42.7 Å². The summed E-state index contributed by atoms with van der Waals surface area (Å²) in [5.41, 5.74) is 2.06. The number of hydrogen-bond acceptors (Lipinski definition) is 3. The Hall–Kier alpha value is -2.63. The highest BCUT2D eigenvalue weighted by Crippen LogP contribution is 2.33. The molecule has 3 rings (SSSR count). The second-order valence-corrected chi connectivity index (χ2v) is 6.22. The number of carbonyl (C=O) groups is 2. The van der Waals surface area contributed by atoms with Crippen LogP contribution in [0.3, 0.4) is 0 Å². The molecule has 24 heavy (non-hydrogen) atoms. The molecule has 2 N–H and O–H groups in total. The number of benzene rings is 1. The summed E-state index contributed by atoms with van der Waals surface area (Å²) in [4.78, 5) is 25.7. The number of nitrogens with one attached hydrogen (secondary N) is 1. The molecule has 0 unspecified atom stereocenters. The normalized spacial score (nSPS) is 20.2. The van der Waals surface area contributed by atoms with Crippen LogP contribution in [-0.2, 0) is 16.0 Å². The first-order chi connectivity index (χ1) is 11.6. The minimum Gasteiger partial charge on any atom is -0.481 e. The predicted octanol–water partition coefficient (Wildman–Crippen LogP) is 2.06. The van der Waals surface area contributed by atoms with Crippen LogP contribution in [0.4, 0.5) is 0 Å². The fraction of sp³-hybridized carbons (Fsp3) is 0.389. The summed E-state index contributed by atoms with van der Waals surface area (Å²) >= 11 is 0. The van der Waals surface area contributed by atoms with Gasteiger partial charge < -0.3 is 10.0 Å². The van der Waals surface area contributed by atoms with Gasteiger partial charge in [0, 0.05) is 31.6 Å². The Kier molecular flexibility index (Phi) is 4.93. The SMILES string of the molecule is O=C(O)[C@@H]1CN(C(=O)CCCc2cn[nH]c2)C[C@H]1c1ccccc1. The minimum atomic E-state index is -0.836. The number of H-pyrrole nitrogens is 1. The molecular weight excluding hydrogens is 306 g/mol. The van der Waals surface area contributed by atoms with E-state index in [9.17, 15) is 14.7 Å². The molecule has 0 radical (unpaired) electrons. The van der Waals surface area contributed by atoms with Gasteiger partial charge in [-0.1, -0.05) is 30.3 Å². The van der Waals surface area contributed by atoms with E-state index in [1.807, 2.05) is 36.5 Å². The Balaban J connectivity index is 1.60. The maximum Gasteiger partial charge on any atom is 0.308 e. The van der Waals surface area contributed by atoms with Crippen LogP contribution in [-0.4, -0.2) is 45.2 Å². The average molecular weight is 327 g/mol. The molecule has 0 bridgehead atoms. The second-order valence-electron chi connectivity index (χ2n) is 6.22. The van der Waals surface area contributed by atoms with Crippen LogP contribution in [0.25, 0.3) is 0 Å². The number of carboxylic acids is 1. The molecule has 1 aliphatic rings. The molecule has 0 saturated carbocycles. The van der Waals surface area contributed by atoms with Crippen LogP contribution in [0, 0.1) is 5.92 Å². The number of aromatic nitrogens is 2. The van der Waals surface area contributed by atoms with Gasteiger partial charge in [-0.3, -0.25) is 14.7 Å². The van der Waals surface area contributed by atoms with Crippen molar-refractivity contribution in [1.82, 2.24) is 15.1 Å². The van der Waals surface area contributed by atoms with E-state index < -0.39 is 11.9 Å². The topological polar surface area (TPSA) is 86.3 Å². The third-order valence-corrected chi connectivity index (χ3v) is 4.63. The minimum absolute atomic E-state index is 0.0307. The van der Waals surface area contributed by atoms with E-state index in [0.717, 1.165) is 24.0 Å². The van der Waals surface area contributed by atoms with Crippen LogP contribution in [0.5, 0.6) is 0 Å². The Morgan fingerprint density at radius 2 is 2.04 bits per heavy atom. The predicted molar refractivity (Wildman–Crippen MR) is 88.4 cm³/mol. The zero-order valence-electron chi connectivity index (χ0n) is 13.4. The standard InChI is InChI=1S/C18H21N3O3/c22-17(8-4-5-13-9-19-20-10-13)21-11-15(16(12-21)18(23)24)14-6-2-1-3-7-14/h1-3,6-7,9-10,15-16H,4-5,8,11-12H2,(H,19,20)(H,23,24)/t15-,16+/m0/s1. The Morgan fingerprint density at radius 1 is 1.25 bits per heavy atom. The van der Waals surface area contributed by atoms with Crippen LogP contribution in [0.1, 0.15) is 29.9 Å². The van der Waals surface area contributed by atoms with Gasteiger partial charge in [0.2, 0.25) is 5.91 Å². The summed E-state index contributed by atoms with van der Waals surface area (Å²) in [5, 5.41) is 16.1. The highest BCUT2D eigenvalue weighted by molar-refractivity contribution is 5.79. The number of nitrogens with zero attached hydrogens (tertiary/aromatic N) is 2. The maximum atomic E-state index is 12.4. The van der Waals surface area contributed by atoms with Gasteiger partial charge in [-0.25, -0.2) is 0 Å². The Labute approximate surface area is 140 Å². The zero-order chi connectivity index (χ0) is 16.9. The van der Waals surface area contributed by atoms with Crippen molar-refractivity contribution in [3.63, 3.8) is 0 Å².